The predicted molar refractivity (Wildman–Crippen MR) is 106 cm³/mol. The van der Waals surface area contributed by atoms with Gasteiger partial charge in [-0.1, -0.05) is 23.7 Å². The zero-order valence-corrected chi connectivity index (χ0v) is 16.5. The Bertz CT molecular complexity index is 820. The molecule has 6 nitrogen and oxygen atoms in total. The van der Waals surface area contributed by atoms with E-state index in [0.717, 1.165) is 10.7 Å². The van der Waals surface area contributed by atoms with E-state index in [2.05, 4.69) is 4.90 Å². The minimum absolute atomic E-state index is 0.0911. The van der Waals surface area contributed by atoms with E-state index >= 15 is 0 Å². The van der Waals surface area contributed by atoms with Crippen LogP contribution >= 0.6 is 11.6 Å². The van der Waals surface area contributed by atoms with Crippen molar-refractivity contribution in [3.05, 3.63) is 47.0 Å². The number of piperazine rings is 1. The molecule has 1 aliphatic rings. The molecule has 0 aromatic heterocycles. The van der Waals surface area contributed by atoms with Gasteiger partial charge in [-0.2, -0.15) is 0 Å². The summed E-state index contributed by atoms with van der Waals surface area (Å²) in [6, 6.07) is 11.2. The molecule has 0 atom stereocenters. The van der Waals surface area contributed by atoms with Crippen LogP contribution in [0.5, 0.6) is 17.2 Å². The quantitative estimate of drug-likeness (QED) is 0.783. The lowest BCUT2D eigenvalue weighted by atomic mass is 10.1. The molecule has 0 radical (unpaired) electrons. The summed E-state index contributed by atoms with van der Waals surface area (Å²) in [4.78, 5) is 17.1. The van der Waals surface area contributed by atoms with Gasteiger partial charge in [-0.15, -0.1) is 0 Å². The smallest absolute Gasteiger partial charge is 0.257 e. The first-order valence-electron chi connectivity index (χ1n) is 8.68. The number of para-hydroxylation sites is 1. The molecule has 1 amide bonds. The molecular weight excluding hydrogens is 368 g/mol. The van der Waals surface area contributed by atoms with Crippen LogP contribution < -0.4 is 19.1 Å². The van der Waals surface area contributed by atoms with Crippen molar-refractivity contribution in [2.45, 2.75) is 0 Å². The minimum atomic E-state index is -0.0911. The highest BCUT2D eigenvalue weighted by molar-refractivity contribution is 6.33. The SMILES string of the molecule is COc1ccc(C(=O)N2CCN(c3ccccc3Cl)CC2)c(OC)c1OC. The van der Waals surface area contributed by atoms with Gasteiger partial charge >= 0.3 is 0 Å². The maximum atomic E-state index is 13.1. The van der Waals surface area contributed by atoms with E-state index in [0.29, 0.717) is 49.0 Å². The average molecular weight is 391 g/mol. The van der Waals surface area contributed by atoms with Crippen molar-refractivity contribution in [1.82, 2.24) is 4.90 Å². The Labute approximate surface area is 164 Å². The maximum absolute atomic E-state index is 13.1. The summed E-state index contributed by atoms with van der Waals surface area (Å²) >= 11 is 6.29. The number of anilines is 1. The molecule has 3 rings (SSSR count). The number of ether oxygens (including phenoxy) is 3. The van der Waals surface area contributed by atoms with Gasteiger partial charge in [0, 0.05) is 26.2 Å². The summed E-state index contributed by atoms with van der Waals surface area (Å²) in [5, 5.41) is 0.721. The first-order chi connectivity index (χ1) is 13.1. The summed E-state index contributed by atoms with van der Waals surface area (Å²) < 4.78 is 16.1. The van der Waals surface area contributed by atoms with Crippen molar-refractivity contribution >= 4 is 23.2 Å². The van der Waals surface area contributed by atoms with E-state index in [4.69, 9.17) is 25.8 Å². The van der Waals surface area contributed by atoms with Crippen LogP contribution in [0.3, 0.4) is 0 Å². The van der Waals surface area contributed by atoms with Crippen LogP contribution in [0.2, 0.25) is 5.02 Å². The molecule has 0 unspecified atom stereocenters. The highest BCUT2D eigenvalue weighted by atomic mass is 35.5. The molecule has 144 valence electrons. The third-order valence-electron chi connectivity index (χ3n) is 4.69. The summed E-state index contributed by atoms with van der Waals surface area (Å²) in [7, 11) is 4.59. The number of nitrogens with zero attached hydrogens (tertiary/aromatic N) is 2. The summed E-state index contributed by atoms with van der Waals surface area (Å²) in [6.45, 7) is 2.62. The van der Waals surface area contributed by atoms with Crippen molar-refractivity contribution in [2.24, 2.45) is 0 Å². The predicted octanol–water partition coefficient (Wildman–Crippen LogP) is 3.33. The second-order valence-electron chi connectivity index (χ2n) is 6.11. The second-order valence-corrected chi connectivity index (χ2v) is 6.52. The Hall–Kier alpha value is -2.60. The number of carbonyl (C=O) groups is 1. The van der Waals surface area contributed by atoms with Gasteiger partial charge in [0.25, 0.3) is 5.91 Å². The van der Waals surface area contributed by atoms with Gasteiger partial charge in [0.2, 0.25) is 5.75 Å². The monoisotopic (exact) mass is 390 g/mol. The van der Waals surface area contributed by atoms with Crippen molar-refractivity contribution in [3.63, 3.8) is 0 Å². The van der Waals surface area contributed by atoms with Gasteiger partial charge < -0.3 is 24.0 Å². The fourth-order valence-electron chi connectivity index (χ4n) is 3.30. The molecule has 1 saturated heterocycles. The highest BCUT2D eigenvalue weighted by Crippen LogP contribution is 2.40. The molecule has 1 aliphatic heterocycles. The van der Waals surface area contributed by atoms with Crippen molar-refractivity contribution in [3.8, 4) is 17.2 Å². The number of halogens is 1. The number of amides is 1. The lowest BCUT2D eigenvalue weighted by Gasteiger charge is -2.36. The second kappa shape index (κ2) is 8.39. The van der Waals surface area contributed by atoms with Gasteiger partial charge in [0.15, 0.2) is 11.5 Å². The first kappa shape index (κ1) is 19.2. The van der Waals surface area contributed by atoms with Crippen molar-refractivity contribution in [2.75, 3.05) is 52.4 Å². The van der Waals surface area contributed by atoms with Crippen molar-refractivity contribution < 1.29 is 19.0 Å². The van der Waals surface area contributed by atoms with Crippen LogP contribution in [0.25, 0.3) is 0 Å². The molecular formula is C20H23ClN2O4. The van der Waals surface area contributed by atoms with E-state index in [9.17, 15) is 4.79 Å². The van der Waals surface area contributed by atoms with Gasteiger partial charge in [-0.05, 0) is 24.3 Å². The third-order valence-corrected chi connectivity index (χ3v) is 5.01. The highest BCUT2D eigenvalue weighted by Gasteiger charge is 2.27. The van der Waals surface area contributed by atoms with Gasteiger partial charge in [-0.25, -0.2) is 0 Å². The molecule has 1 fully saturated rings. The number of rotatable bonds is 5. The summed E-state index contributed by atoms with van der Waals surface area (Å²) in [5.74, 6) is 1.23. The topological polar surface area (TPSA) is 51.2 Å². The molecule has 2 aromatic rings. The maximum Gasteiger partial charge on any atom is 0.257 e. The lowest BCUT2D eigenvalue weighted by molar-refractivity contribution is 0.0742. The molecule has 0 N–H and O–H groups in total. The van der Waals surface area contributed by atoms with E-state index in [1.807, 2.05) is 29.2 Å². The van der Waals surface area contributed by atoms with Crippen LogP contribution in [0.15, 0.2) is 36.4 Å². The van der Waals surface area contributed by atoms with Gasteiger partial charge in [-0.3, -0.25) is 4.79 Å². The Kier molecular flexibility index (Phi) is 5.96. The number of carbonyl (C=O) groups excluding carboxylic acids is 1. The molecule has 2 aromatic carbocycles. The Morgan fingerprint density at radius 1 is 0.889 bits per heavy atom. The van der Waals surface area contributed by atoms with E-state index in [-0.39, 0.29) is 5.91 Å². The average Bonchev–Trinajstić information content (AvgIpc) is 2.72. The Morgan fingerprint density at radius 2 is 1.56 bits per heavy atom. The zero-order chi connectivity index (χ0) is 19.4. The number of benzene rings is 2. The molecule has 7 heteroatoms. The minimum Gasteiger partial charge on any atom is -0.493 e. The fraction of sp³-hybridized carbons (Fsp3) is 0.350. The molecule has 0 spiro atoms. The number of hydrogen-bond donors (Lipinski definition) is 0. The van der Waals surface area contributed by atoms with E-state index in [1.165, 1.54) is 14.2 Å². The molecule has 27 heavy (non-hydrogen) atoms. The Balaban J connectivity index is 1.77. The van der Waals surface area contributed by atoms with Crippen LogP contribution in [0.4, 0.5) is 5.69 Å². The third kappa shape index (κ3) is 3.76. The lowest BCUT2D eigenvalue weighted by Crippen LogP contribution is -2.49. The van der Waals surface area contributed by atoms with Crippen LogP contribution in [0.1, 0.15) is 10.4 Å². The number of methoxy groups -OCH3 is 3. The van der Waals surface area contributed by atoms with Crippen LogP contribution in [-0.2, 0) is 0 Å². The molecule has 0 bridgehead atoms. The van der Waals surface area contributed by atoms with Crippen molar-refractivity contribution in [1.29, 1.82) is 0 Å². The molecule has 1 heterocycles. The molecule has 0 saturated carbocycles. The fourth-order valence-corrected chi connectivity index (χ4v) is 3.55. The normalized spacial score (nSPS) is 14.1. The van der Waals surface area contributed by atoms with Crippen LogP contribution in [-0.4, -0.2) is 58.3 Å². The molecule has 0 aliphatic carbocycles. The zero-order valence-electron chi connectivity index (χ0n) is 15.7. The largest absolute Gasteiger partial charge is 0.493 e. The number of hydrogen-bond acceptors (Lipinski definition) is 5. The van der Waals surface area contributed by atoms with E-state index < -0.39 is 0 Å². The van der Waals surface area contributed by atoms with Gasteiger partial charge in [0.1, 0.15) is 0 Å². The summed E-state index contributed by atoms with van der Waals surface area (Å²) in [5.41, 5.74) is 1.45. The standard InChI is InChI=1S/C20H23ClN2O4/c1-25-17-9-8-14(18(26-2)19(17)27-3)20(24)23-12-10-22(11-13-23)16-7-5-4-6-15(16)21/h4-9H,10-13H2,1-3H3. The Morgan fingerprint density at radius 3 is 2.15 bits per heavy atom. The van der Waals surface area contributed by atoms with Crippen LogP contribution in [0, 0.1) is 0 Å². The summed E-state index contributed by atoms with van der Waals surface area (Å²) in [6.07, 6.45) is 0. The van der Waals surface area contributed by atoms with Gasteiger partial charge in [0.05, 0.1) is 37.6 Å². The first-order valence-corrected chi connectivity index (χ1v) is 9.06. The van der Waals surface area contributed by atoms with E-state index in [1.54, 1.807) is 19.2 Å².